The van der Waals surface area contributed by atoms with Gasteiger partial charge in [-0.1, -0.05) is 0 Å². The number of amides is 5. The van der Waals surface area contributed by atoms with Crippen LogP contribution in [0, 0.1) is 0 Å². The van der Waals surface area contributed by atoms with Crippen LogP contribution in [-0.4, -0.2) is 166 Å². The number of nitrogens with zero attached hydrogens (tertiary/aromatic N) is 3. The molecule has 2 saturated heterocycles. The molecule has 5 amide bonds. The van der Waals surface area contributed by atoms with E-state index in [1.807, 2.05) is 58.3 Å². The van der Waals surface area contributed by atoms with Gasteiger partial charge in [0.25, 0.3) is 11.8 Å². The second-order valence-corrected chi connectivity index (χ2v) is 21.2. The van der Waals surface area contributed by atoms with Crippen LogP contribution in [0.4, 0.5) is 4.79 Å². The summed E-state index contributed by atoms with van der Waals surface area (Å²) in [4.78, 5) is 70.9. The average molecular weight is 1060 g/mol. The molecule has 4 atom stereocenters. The molecule has 0 aromatic heterocycles. The van der Waals surface area contributed by atoms with Gasteiger partial charge in [-0.15, -0.1) is 12.4 Å². The number of methoxy groups -OCH3 is 4. The Morgan fingerprint density at radius 1 is 0.635 bits per heavy atom. The zero-order valence-electron chi connectivity index (χ0n) is 46.0. The molecular weight excluding hydrogens is 972 g/mol. The number of nitrogens with one attached hydrogen (secondary N) is 3. The van der Waals surface area contributed by atoms with Gasteiger partial charge in [-0.3, -0.25) is 19.2 Å². The lowest BCUT2D eigenvalue weighted by Crippen LogP contribution is -2.58. The number of benzene rings is 2. The molecule has 4 aliphatic rings. The molecule has 0 bridgehead atoms. The Hall–Kier alpha value is -5.04. The van der Waals surface area contributed by atoms with Crippen molar-refractivity contribution >= 4 is 42.1 Å². The van der Waals surface area contributed by atoms with Crippen molar-refractivity contribution in [2.75, 3.05) is 68.0 Å². The van der Waals surface area contributed by atoms with Crippen LogP contribution in [0.15, 0.2) is 36.4 Å². The molecule has 2 saturated carbocycles. The zero-order valence-corrected chi connectivity index (χ0v) is 46.8. The van der Waals surface area contributed by atoms with Crippen LogP contribution in [0.3, 0.4) is 0 Å². The minimum atomic E-state index is -0.679. The van der Waals surface area contributed by atoms with E-state index >= 15 is 0 Å². The van der Waals surface area contributed by atoms with Crippen molar-refractivity contribution in [3.8, 4) is 23.0 Å². The summed E-state index contributed by atoms with van der Waals surface area (Å²) < 4.78 is 38.5. The van der Waals surface area contributed by atoms with Gasteiger partial charge in [0.2, 0.25) is 11.8 Å². The lowest BCUT2D eigenvalue weighted by Gasteiger charge is -2.45. The van der Waals surface area contributed by atoms with E-state index in [9.17, 15) is 24.0 Å². The van der Waals surface area contributed by atoms with Crippen molar-refractivity contribution < 1.29 is 57.1 Å². The van der Waals surface area contributed by atoms with Crippen LogP contribution < -0.4 is 34.9 Å². The van der Waals surface area contributed by atoms with Gasteiger partial charge in [0.15, 0.2) is 23.0 Å². The third-order valence-electron chi connectivity index (χ3n) is 13.2. The summed E-state index contributed by atoms with van der Waals surface area (Å²) in [6.07, 6.45) is 8.93. The summed E-state index contributed by atoms with van der Waals surface area (Å²) >= 11 is 0. The summed E-state index contributed by atoms with van der Waals surface area (Å²) in [6.45, 7) is 16.6. The van der Waals surface area contributed by atoms with E-state index in [0.717, 1.165) is 44.9 Å². The first kappa shape index (κ1) is 61.5. The zero-order chi connectivity index (χ0) is 53.2. The highest BCUT2D eigenvalue weighted by Crippen LogP contribution is 2.33. The Labute approximate surface area is 446 Å². The fourth-order valence-corrected chi connectivity index (χ4v) is 9.33. The van der Waals surface area contributed by atoms with Gasteiger partial charge in [0.05, 0.1) is 33.5 Å². The Kier molecular flexibility index (Phi) is 24.8. The van der Waals surface area contributed by atoms with Crippen molar-refractivity contribution in [2.24, 2.45) is 0 Å². The predicted molar refractivity (Wildman–Crippen MR) is 286 cm³/mol. The maximum absolute atomic E-state index is 13.9. The monoisotopic (exact) mass is 1060 g/mol. The average Bonchev–Trinajstić information content (AvgIpc) is 4.30. The second-order valence-electron chi connectivity index (χ2n) is 21.2. The molecular formula is C55H87ClN6O12. The molecule has 19 heteroatoms. The number of hydrogen-bond acceptors (Lipinski definition) is 13. The standard InChI is InChI=1S/C30H47N3O7.C25H39N3O5.ClH/c1-20(2)33(28(35)21-9-14-25(38-7)26(17-21)39-16-8-15-37-6)24-13-12-23(18-27(34)31-22-10-11-22)32(19-24)29(36)40-30(3,4)5;1-17(2)28(21-10-9-20(26-16-21)15-24(29)27-19-7-8-19)25(30)18-6-11-22(32-4)23(14-18)33-13-5-12-31-3;/h9,14,17,20,22-24H,8,10-13,15-16,18-19H2,1-7H3,(H,31,34);6,11,14,17,19-21,26H,5,7-10,12-13,15-16H2,1-4H3,(H,27,29);1H/t23-,24-;20-,21-;/m11./s1. The van der Waals surface area contributed by atoms with Gasteiger partial charge in [0.1, 0.15) is 5.60 Å². The van der Waals surface area contributed by atoms with Gasteiger partial charge in [-0.2, -0.15) is 0 Å². The van der Waals surface area contributed by atoms with E-state index in [0.29, 0.717) is 98.8 Å². The first-order valence-electron chi connectivity index (χ1n) is 26.4. The summed E-state index contributed by atoms with van der Waals surface area (Å²) in [5.74, 6) is 2.11. The Bertz CT molecular complexity index is 2110. The van der Waals surface area contributed by atoms with Crippen molar-refractivity contribution in [1.29, 1.82) is 0 Å². The van der Waals surface area contributed by atoms with E-state index < -0.39 is 11.7 Å². The molecule has 2 heterocycles. The molecule has 2 aliphatic heterocycles. The number of rotatable bonds is 24. The number of carbonyl (C=O) groups is 5. The number of halogens is 1. The van der Waals surface area contributed by atoms with Crippen LogP contribution in [0.1, 0.15) is 146 Å². The minimum absolute atomic E-state index is 0. The number of carbonyl (C=O) groups excluding carboxylic acids is 5. The van der Waals surface area contributed by atoms with Crippen molar-refractivity contribution in [3.05, 3.63) is 47.5 Å². The third-order valence-corrected chi connectivity index (χ3v) is 13.2. The van der Waals surface area contributed by atoms with Gasteiger partial charge in [-0.25, -0.2) is 4.79 Å². The van der Waals surface area contributed by atoms with E-state index in [1.165, 1.54) is 0 Å². The molecule has 0 spiro atoms. The highest BCUT2D eigenvalue weighted by atomic mass is 35.5. The summed E-state index contributed by atoms with van der Waals surface area (Å²) in [5, 5.41) is 9.58. The molecule has 2 aromatic rings. The van der Waals surface area contributed by atoms with E-state index in [-0.39, 0.29) is 91.3 Å². The van der Waals surface area contributed by atoms with Crippen LogP contribution in [-0.2, 0) is 23.8 Å². The van der Waals surface area contributed by atoms with E-state index in [2.05, 4.69) is 16.0 Å². The van der Waals surface area contributed by atoms with E-state index in [4.69, 9.17) is 33.2 Å². The van der Waals surface area contributed by atoms with Crippen molar-refractivity contribution in [1.82, 2.24) is 30.7 Å². The fraction of sp³-hybridized carbons (Fsp3) is 0.691. The maximum Gasteiger partial charge on any atom is 0.410 e. The fourth-order valence-electron chi connectivity index (χ4n) is 9.33. The lowest BCUT2D eigenvalue weighted by molar-refractivity contribution is -0.123. The van der Waals surface area contributed by atoms with Gasteiger partial charge in [0, 0.05) is 120 Å². The Morgan fingerprint density at radius 3 is 1.53 bits per heavy atom. The molecule has 6 rings (SSSR count). The molecule has 4 fully saturated rings. The van der Waals surface area contributed by atoms with Crippen molar-refractivity contribution in [2.45, 2.75) is 179 Å². The first-order valence-corrected chi connectivity index (χ1v) is 26.4. The number of ether oxygens (including phenoxy) is 7. The molecule has 2 aliphatic carbocycles. The van der Waals surface area contributed by atoms with Crippen LogP contribution >= 0.6 is 12.4 Å². The van der Waals surface area contributed by atoms with E-state index in [1.54, 1.807) is 69.7 Å². The molecule has 416 valence electrons. The maximum atomic E-state index is 13.9. The first-order chi connectivity index (χ1) is 34.9. The molecule has 74 heavy (non-hydrogen) atoms. The summed E-state index contributed by atoms with van der Waals surface area (Å²) in [5.41, 5.74) is 0.379. The number of hydrogen-bond donors (Lipinski definition) is 3. The van der Waals surface area contributed by atoms with Crippen LogP contribution in [0.2, 0.25) is 0 Å². The Morgan fingerprint density at radius 2 is 1.11 bits per heavy atom. The Balaban J connectivity index is 0.000000322. The lowest BCUT2D eigenvalue weighted by atomic mass is 9.93. The molecule has 0 unspecified atom stereocenters. The molecule has 3 N–H and O–H groups in total. The molecule has 2 aromatic carbocycles. The van der Waals surface area contributed by atoms with Crippen molar-refractivity contribution in [3.63, 3.8) is 0 Å². The minimum Gasteiger partial charge on any atom is -0.493 e. The van der Waals surface area contributed by atoms with Gasteiger partial charge >= 0.3 is 6.09 Å². The predicted octanol–water partition coefficient (Wildman–Crippen LogP) is 7.57. The SMILES string of the molecule is COCCCOc1cc(C(=O)N(C(C)C)[C@@H]2CC[C@H](CC(=O)NC3CC3)N(C(=O)OC(C)(C)C)C2)ccc1OC.COCCCOc1cc(C(=O)N(C(C)C)[C@@H]2CC[C@H](CC(=O)NC3CC3)NC2)ccc1OC.Cl. The van der Waals surface area contributed by atoms with Crippen LogP contribution in [0.25, 0.3) is 0 Å². The largest absolute Gasteiger partial charge is 0.493 e. The normalized spacial score (nSPS) is 19.5. The third kappa shape index (κ3) is 19.3. The molecule has 0 radical (unpaired) electrons. The molecule has 18 nitrogen and oxygen atoms in total. The van der Waals surface area contributed by atoms with Gasteiger partial charge < -0.3 is 63.8 Å². The highest BCUT2D eigenvalue weighted by molar-refractivity contribution is 5.96. The smallest absolute Gasteiger partial charge is 0.410 e. The topological polar surface area (TPSA) is 196 Å². The van der Waals surface area contributed by atoms with Gasteiger partial charge in [-0.05, 0) is 136 Å². The number of likely N-dealkylation sites (tertiary alicyclic amines) is 1. The summed E-state index contributed by atoms with van der Waals surface area (Å²) in [7, 11) is 6.45. The quantitative estimate of drug-likeness (QED) is 0.0872. The summed E-state index contributed by atoms with van der Waals surface area (Å²) in [6, 6.07) is 10.8. The number of piperidine rings is 2. The van der Waals surface area contributed by atoms with Crippen LogP contribution in [0.5, 0.6) is 23.0 Å². The second kappa shape index (κ2) is 29.9. The highest BCUT2D eigenvalue weighted by Gasteiger charge is 2.40.